The summed E-state index contributed by atoms with van der Waals surface area (Å²) < 4.78 is 5.36. The van der Waals surface area contributed by atoms with Crippen molar-refractivity contribution < 1.29 is 19.1 Å². The number of carbonyl (C=O) groups is 2. The van der Waals surface area contributed by atoms with Gasteiger partial charge in [-0.05, 0) is 18.1 Å². The Bertz CT molecular complexity index is 705. The predicted octanol–water partition coefficient (Wildman–Crippen LogP) is 3.57. The largest absolute Gasteiger partial charge is 0.481 e. The van der Waals surface area contributed by atoms with Crippen molar-refractivity contribution in [2.45, 2.75) is 38.5 Å². The van der Waals surface area contributed by atoms with E-state index in [-0.39, 0.29) is 18.4 Å². The highest BCUT2D eigenvalue weighted by Crippen LogP contribution is 2.28. The predicted molar refractivity (Wildman–Crippen MR) is 91.2 cm³/mol. The molecule has 1 unspecified atom stereocenters. The maximum absolute atomic E-state index is 12.5. The second kappa shape index (κ2) is 7.34. The fraction of sp³-hybridized carbons (Fsp3) is 0.368. The molecule has 0 aliphatic heterocycles. The summed E-state index contributed by atoms with van der Waals surface area (Å²) in [6.45, 7) is 5.70. The fourth-order valence-electron chi connectivity index (χ4n) is 2.82. The summed E-state index contributed by atoms with van der Waals surface area (Å²) in [5.41, 5.74) is -0.0245. The van der Waals surface area contributed by atoms with E-state index in [1.165, 1.54) is 6.26 Å². The van der Waals surface area contributed by atoms with Crippen molar-refractivity contribution in [3.05, 3.63) is 59.5 Å². The van der Waals surface area contributed by atoms with Crippen molar-refractivity contribution in [2.24, 2.45) is 0 Å². The van der Waals surface area contributed by atoms with E-state index < -0.39 is 11.4 Å². The summed E-state index contributed by atoms with van der Waals surface area (Å²) in [6.07, 6.45) is 1.85. The van der Waals surface area contributed by atoms with E-state index in [1.807, 2.05) is 26.8 Å². The number of rotatable bonds is 7. The van der Waals surface area contributed by atoms with Gasteiger partial charge in [0.15, 0.2) is 0 Å². The smallest absolute Gasteiger partial charge is 0.315 e. The third kappa shape index (κ3) is 3.35. The minimum atomic E-state index is -1.15. The third-order valence-corrected chi connectivity index (χ3v) is 4.35. The Morgan fingerprint density at radius 1 is 1.21 bits per heavy atom. The van der Waals surface area contributed by atoms with E-state index >= 15 is 0 Å². The average molecular weight is 329 g/mol. The second-order valence-electron chi connectivity index (χ2n) is 6.14. The van der Waals surface area contributed by atoms with E-state index in [0.717, 1.165) is 0 Å². The van der Waals surface area contributed by atoms with Crippen molar-refractivity contribution in [3.8, 4) is 0 Å². The topological polar surface area (TPSA) is 79.5 Å². The zero-order valence-electron chi connectivity index (χ0n) is 14.2. The molecule has 24 heavy (non-hydrogen) atoms. The van der Waals surface area contributed by atoms with Crippen LogP contribution in [0.3, 0.4) is 0 Å². The number of carboxylic acid groups (broad SMARTS) is 1. The molecule has 0 radical (unpaired) electrons. The molecule has 1 heterocycles. The van der Waals surface area contributed by atoms with Crippen LogP contribution in [0.4, 0.5) is 0 Å². The Kier molecular flexibility index (Phi) is 5.44. The van der Waals surface area contributed by atoms with Gasteiger partial charge in [0, 0.05) is 12.5 Å². The maximum Gasteiger partial charge on any atom is 0.315 e. The molecule has 128 valence electrons. The van der Waals surface area contributed by atoms with Crippen LogP contribution in [0, 0.1) is 0 Å². The highest BCUT2D eigenvalue weighted by atomic mass is 16.4. The van der Waals surface area contributed by atoms with Gasteiger partial charge in [-0.1, -0.05) is 51.1 Å². The van der Waals surface area contributed by atoms with Gasteiger partial charge in [0.25, 0.3) is 5.91 Å². The SMILES string of the molecule is CCC(CNC(=O)c1ccoc1C(C)C)(C(=O)O)c1ccccc1. The van der Waals surface area contributed by atoms with E-state index in [9.17, 15) is 14.7 Å². The molecule has 0 aliphatic rings. The fourth-order valence-corrected chi connectivity index (χ4v) is 2.82. The Labute approximate surface area is 141 Å². The first-order chi connectivity index (χ1) is 11.4. The van der Waals surface area contributed by atoms with Crippen LogP contribution in [0.1, 0.15) is 54.8 Å². The Morgan fingerprint density at radius 2 is 1.88 bits per heavy atom. The molecule has 0 saturated carbocycles. The van der Waals surface area contributed by atoms with Gasteiger partial charge in [-0.25, -0.2) is 0 Å². The minimum absolute atomic E-state index is 0.0182. The molecule has 1 amide bonds. The number of carbonyl (C=O) groups excluding carboxylic acids is 1. The van der Waals surface area contributed by atoms with Gasteiger partial charge in [-0.3, -0.25) is 9.59 Å². The van der Waals surface area contributed by atoms with E-state index in [2.05, 4.69) is 5.32 Å². The van der Waals surface area contributed by atoms with Crippen molar-refractivity contribution >= 4 is 11.9 Å². The number of carboxylic acids is 1. The lowest BCUT2D eigenvalue weighted by Gasteiger charge is -2.29. The average Bonchev–Trinajstić information content (AvgIpc) is 3.06. The molecule has 1 atom stereocenters. The Morgan fingerprint density at radius 3 is 2.42 bits per heavy atom. The van der Waals surface area contributed by atoms with Crippen LogP contribution in [-0.2, 0) is 10.2 Å². The van der Waals surface area contributed by atoms with E-state index in [0.29, 0.717) is 23.3 Å². The number of hydrogen-bond acceptors (Lipinski definition) is 3. The standard InChI is InChI=1S/C19H23NO4/c1-4-19(18(22)23,14-8-6-5-7-9-14)12-20-17(21)15-10-11-24-16(15)13(2)3/h5-11,13H,4,12H2,1-3H3,(H,20,21)(H,22,23). The van der Waals surface area contributed by atoms with Crippen LogP contribution in [0.2, 0.25) is 0 Å². The summed E-state index contributed by atoms with van der Waals surface area (Å²) in [5.74, 6) is -0.592. The quantitative estimate of drug-likeness (QED) is 0.814. The second-order valence-corrected chi connectivity index (χ2v) is 6.14. The molecule has 0 aliphatic carbocycles. The molecule has 5 heteroatoms. The molecular weight excluding hydrogens is 306 g/mol. The zero-order chi connectivity index (χ0) is 17.7. The van der Waals surface area contributed by atoms with Crippen molar-refractivity contribution in [2.75, 3.05) is 6.54 Å². The van der Waals surface area contributed by atoms with Gasteiger partial charge in [-0.15, -0.1) is 0 Å². The van der Waals surface area contributed by atoms with Gasteiger partial charge in [0.05, 0.1) is 11.8 Å². The summed E-state index contributed by atoms with van der Waals surface area (Å²) in [6, 6.07) is 10.6. The number of furan rings is 1. The lowest BCUT2D eigenvalue weighted by Crippen LogP contribution is -2.46. The Hall–Kier alpha value is -2.56. The van der Waals surface area contributed by atoms with Crippen LogP contribution in [0.25, 0.3) is 0 Å². The molecule has 0 saturated heterocycles. The first-order valence-corrected chi connectivity index (χ1v) is 8.07. The van der Waals surface area contributed by atoms with Gasteiger partial charge in [0.1, 0.15) is 11.2 Å². The van der Waals surface area contributed by atoms with E-state index in [4.69, 9.17) is 4.42 Å². The molecule has 1 aromatic heterocycles. The summed E-state index contributed by atoms with van der Waals surface area (Å²) >= 11 is 0. The number of benzene rings is 1. The number of aliphatic carboxylic acids is 1. The van der Waals surface area contributed by atoms with Crippen molar-refractivity contribution in [1.82, 2.24) is 5.32 Å². The summed E-state index contributed by atoms with van der Waals surface area (Å²) in [4.78, 5) is 24.4. The van der Waals surface area contributed by atoms with Gasteiger partial charge in [-0.2, -0.15) is 0 Å². The number of amides is 1. The van der Waals surface area contributed by atoms with Crippen LogP contribution < -0.4 is 5.32 Å². The molecule has 0 bridgehead atoms. The number of hydrogen-bond donors (Lipinski definition) is 2. The molecule has 5 nitrogen and oxygen atoms in total. The minimum Gasteiger partial charge on any atom is -0.481 e. The van der Waals surface area contributed by atoms with Crippen molar-refractivity contribution in [3.63, 3.8) is 0 Å². The number of nitrogens with one attached hydrogen (secondary N) is 1. The van der Waals surface area contributed by atoms with Crippen LogP contribution in [0.5, 0.6) is 0 Å². The molecule has 2 rings (SSSR count). The zero-order valence-corrected chi connectivity index (χ0v) is 14.2. The molecule has 0 spiro atoms. The van der Waals surface area contributed by atoms with Gasteiger partial charge < -0.3 is 14.8 Å². The third-order valence-electron chi connectivity index (χ3n) is 4.35. The van der Waals surface area contributed by atoms with Gasteiger partial charge >= 0.3 is 5.97 Å². The normalized spacial score (nSPS) is 13.5. The lowest BCUT2D eigenvalue weighted by molar-refractivity contribution is -0.143. The summed E-state index contributed by atoms with van der Waals surface area (Å²) in [5, 5.41) is 12.6. The lowest BCUT2D eigenvalue weighted by atomic mass is 9.78. The van der Waals surface area contributed by atoms with Crippen LogP contribution in [0.15, 0.2) is 47.1 Å². The van der Waals surface area contributed by atoms with Gasteiger partial charge in [0.2, 0.25) is 0 Å². The highest BCUT2D eigenvalue weighted by Gasteiger charge is 2.39. The molecule has 2 N–H and O–H groups in total. The van der Waals surface area contributed by atoms with Crippen molar-refractivity contribution in [1.29, 1.82) is 0 Å². The first kappa shape index (κ1) is 17.8. The molecular formula is C19H23NO4. The van der Waals surface area contributed by atoms with Crippen LogP contribution >= 0.6 is 0 Å². The Balaban J connectivity index is 2.24. The van der Waals surface area contributed by atoms with Crippen LogP contribution in [-0.4, -0.2) is 23.5 Å². The summed E-state index contributed by atoms with van der Waals surface area (Å²) in [7, 11) is 0. The van der Waals surface area contributed by atoms with E-state index in [1.54, 1.807) is 30.3 Å². The molecule has 0 fully saturated rings. The molecule has 1 aromatic carbocycles. The first-order valence-electron chi connectivity index (χ1n) is 8.07. The maximum atomic E-state index is 12.5. The highest BCUT2D eigenvalue weighted by molar-refractivity contribution is 5.96. The monoisotopic (exact) mass is 329 g/mol. The molecule has 2 aromatic rings.